The van der Waals surface area contributed by atoms with Crippen LogP contribution in [0.25, 0.3) is 0 Å². The van der Waals surface area contributed by atoms with E-state index in [1.54, 1.807) is 0 Å². The maximum Gasteiger partial charge on any atom is 0.239 e. The zero-order valence-electron chi connectivity index (χ0n) is 9.93. The third kappa shape index (κ3) is 1.69. The van der Waals surface area contributed by atoms with Gasteiger partial charge in [0.2, 0.25) is 5.95 Å². The lowest BCUT2D eigenvalue weighted by atomic mass is 9.94. The lowest BCUT2D eigenvalue weighted by molar-refractivity contribution is 0.411. The highest BCUT2D eigenvalue weighted by Gasteiger charge is 2.24. The summed E-state index contributed by atoms with van der Waals surface area (Å²) in [5.41, 5.74) is 8.33. The van der Waals surface area contributed by atoms with Gasteiger partial charge in [-0.1, -0.05) is 24.3 Å². The Morgan fingerprint density at radius 1 is 1.35 bits per heavy atom. The van der Waals surface area contributed by atoms with Gasteiger partial charge in [-0.2, -0.15) is 4.98 Å². The molecule has 0 spiro atoms. The number of nitrogens with zero attached hydrogens (tertiary/aromatic N) is 3. The Labute approximate surface area is 100 Å². The number of anilines is 1. The standard InChI is InChI=1S/C13H16N4/c1-9-5-2-3-6-10(9)11-7-4-8-12-15-13(14)16-17(11)12/h2-3,5-6,11H,4,7-8H2,1H3,(H2,14,16). The maximum absolute atomic E-state index is 5.69. The minimum atomic E-state index is 0.296. The molecule has 1 atom stereocenters. The van der Waals surface area contributed by atoms with E-state index in [2.05, 4.69) is 41.3 Å². The molecule has 2 aromatic rings. The molecule has 1 aliphatic heterocycles. The summed E-state index contributed by atoms with van der Waals surface area (Å²) < 4.78 is 2.00. The average Bonchev–Trinajstić information content (AvgIpc) is 2.70. The molecule has 17 heavy (non-hydrogen) atoms. The molecular weight excluding hydrogens is 212 g/mol. The summed E-state index contributed by atoms with van der Waals surface area (Å²) in [5.74, 6) is 1.41. The fourth-order valence-corrected chi connectivity index (χ4v) is 2.62. The van der Waals surface area contributed by atoms with Gasteiger partial charge in [-0.15, -0.1) is 5.10 Å². The average molecular weight is 228 g/mol. The number of nitrogen functional groups attached to an aromatic ring is 1. The Kier molecular flexibility index (Phi) is 2.35. The molecule has 88 valence electrons. The van der Waals surface area contributed by atoms with E-state index in [0.29, 0.717) is 12.0 Å². The first-order valence-corrected chi connectivity index (χ1v) is 6.02. The van der Waals surface area contributed by atoms with E-state index in [-0.39, 0.29) is 0 Å². The number of aromatic nitrogens is 3. The Bertz CT molecular complexity index is 544. The second-order valence-corrected chi connectivity index (χ2v) is 4.60. The van der Waals surface area contributed by atoms with Crippen LogP contribution >= 0.6 is 0 Å². The molecule has 1 aromatic carbocycles. The van der Waals surface area contributed by atoms with E-state index in [1.165, 1.54) is 11.1 Å². The monoisotopic (exact) mass is 228 g/mol. The molecule has 0 radical (unpaired) electrons. The van der Waals surface area contributed by atoms with Crippen molar-refractivity contribution in [3.8, 4) is 0 Å². The number of benzene rings is 1. The zero-order chi connectivity index (χ0) is 11.8. The number of nitrogens with two attached hydrogens (primary N) is 1. The van der Waals surface area contributed by atoms with Crippen LogP contribution in [0.2, 0.25) is 0 Å². The van der Waals surface area contributed by atoms with Gasteiger partial charge in [0.1, 0.15) is 5.82 Å². The van der Waals surface area contributed by atoms with E-state index in [9.17, 15) is 0 Å². The van der Waals surface area contributed by atoms with Gasteiger partial charge in [-0.25, -0.2) is 4.68 Å². The van der Waals surface area contributed by atoms with Crippen molar-refractivity contribution in [2.45, 2.75) is 32.2 Å². The topological polar surface area (TPSA) is 56.7 Å². The molecule has 0 saturated heterocycles. The fraction of sp³-hybridized carbons (Fsp3) is 0.385. The van der Waals surface area contributed by atoms with Crippen molar-refractivity contribution in [3.05, 3.63) is 41.2 Å². The van der Waals surface area contributed by atoms with Gasteiger partial charge in [0.15, 0.2) is 0 Å². The number of rotatable bonds is 1. The van der Waals surface area contributed by atoms with Crippen LogP contribution in [0.3, 0.4) is 0 Å². The maximum atomic E-state index is 5.69. The van der Waals surface area contributed by atoms with E-state index in [0.717, 1.165) is 25.1 Å². The number of fused-ring (bicyclic) bond motifs is 1. The molecule has 2 N–H and O–H groups in total. The summed E-state index contributed by atoms with van der Waals surface area (Å²) in [6, 6.07) is 8.76. The summed E-state index contributed by atoms with van der Waals surface area (Å²) in [6.45, 7) is 2.14. The van der Waals surface area contributed by atoms with Crippen molar-refractivity contribution in [1.82, 2.24) is 14.8 Å². The van der Waals surface area contributed by atoms with Gasteiger partial charge in [0.05, 0.1) is 6.04 Å². The molecule has 1 aliphatic rings. The van der Waals surface area contributed by atoms with E-state index >= 15 is 0 Å². The highest BCUT2D eigenvalue weighted by Crippen LogP contribution is 2.31. The Morgan fingerprint density at radius 3 is 3.00 bits per heavy atom. The van der Waals surface area contributed by atoms with Crippen molar-refractivity contribution in [3.63, 3.8) is 0 Å². The third-order valence-electron chi connectivity index (χ3n) is 3.44. The van der Waals surface area contributed by atoms with Crippen LogP contribution in [-0.4, -0.2) is 14.8 Å². The molecule has 0 amide bonds. The molecule has 1 unspecified atom stereocenters. The molecule has 4 nitrogen and oxygen atoms in total. The first-order chi connectivity index (χ1) is 8.25. The minimum absolute atomic E-state index is 0.296. The summed E-state index contributed by atoms with van der Waals surface area (Å²) >= 11 is 0. The van der Waals surface area contributed by atoms with Gasteiger partial charge >= 0.3 is 0 Å². The molecule has 1 aromatic heterocycles. The molecule has 0 fully saturated rings. The Balaban J connectivity index is 2.09. The second-order valence-electron chi connectivity index (χ2n) is 4.60. The smallest absolute Gasteiger partial charge is 0.239 e. The largest absolute Gasteiger partial charge is 0.366 e. The van der Waals surface area contributed by atoms with Crippen molar-refractivity contribution in [2.75, 3.05) is 5.73 Å². The van der Waals surface area contributed by atoms with Gasteiger partial charge in [-0.05, 0) is 30.9 Å². The van der Waals surface area contributed by atoms with Crippen LogP contribution < -0.4 is 5.73 Å². The van der Waals surface area contributed by atoms with Gasteiger partial charge in [-0.3, -0.25) is 0 Å². The van der Waals surface area contributed by atoms with Crippen LogP contribution in [0, 0.1) is 6.92 Å². The molecule has 0 aliphatic carbocycles. The predicted molar refractivity (Wildman–Crippen MR) is 66.7 cm³/mol. The molecule has 0 bridgehead atoms. The van der Waals surface area contributed by atoms with Gasteiger partial charge in [0, 0.05) is 6.42 Å². The number of aryl methyl sites for hydroxylation is 2. The van der Waals surface area contributed by atoms with Crippen LogP contribution in [0.15, 0.2) is 24.3 Å². The zero-order valence-corrected chi connectivity index (χ0v) is 9.93. The molecule has 2 heterocycles. The highest BCUT2D eigenvalue weighted by atomic mass is 15.4. The highest BCUT2D eigenvalue weighted by molar-refractivity contribution is 5.30. The van der Waals surface area contributed by atoms with Crippen LogP contribution in [0.5, 0.6) is 0 Å². The summed E-state index contributed by atoms with van der Waals surface area (Å²) in [6.07, 6.45) is 3.24. The lowest BCUT2D eigenvalue weighted by Crippen LogP contribution is -2.21. The molecule has 0 saturated carbocycles. The van der Waals surface area contributed by atoms with Crippen LogP contribution in [0.4, 0.5) is 5.95 Å². The van der Waals surface area contributed by atoms with Crippen molar-refractivity contribution in [2.24, 2.45) is 0 Å². The quantitative estimate of drug-likeness (QED) is 0.813. The fourth-order valence-electron chi connectivity index (χ4n) is 2.62. The third-order valence-corrected chi connectivity index (χ3v) is 3.44. The normalized spacial score (nSPS) is 19.0. The van der Waals surface area contributed by atoms with Crippen LogP contribution in [0.1, 0.15) is 35.8 Å². The van der Waals surface area contributed by atoms with Crippen molar-refractivity contribution >= 4 is 5.95 Å². The lowest BCUT2D eigenvalue weighted by Gasteiger charge is -2.24. The Morgan fingerprint density at radius 2 is 2.18 bits per heavy atom. The van der Waals surface area contributed by atoms with Crippen molar-refractivity contribution < 1.29 is 0 Å². The van der Waals surface area contributed by atoms with Gasteiger partial charge in [0.25, 0.3) is 0 Å². The number of hydrogen-bond acceptors (Lipinski definition) is 3. The SMILES string of the molecule is Cc1ccccc1C1CCCc2nc(N)nn21. The van der Waals surface area contributed by atoms with Crippen LogP contribution in [-0.2, 0) is 6.42 Å². The first-order valence-electron chi connectivity index (χ1n) is 6.02. The number of hydrogen-bond donors (Lipinski definition) is 1. The minimum Gasteiger partial charge on any atom is -0.366 e. The van der Waals surface area contributed by atoms with E-state index < -0.39 is 0 Å². The van der Waals surface area contributed by atoms with Crippen molar-refractivity contribution in [1.29, 1.82) is 0 Å². The summed E-state index contributed by atoms with van der Waals surface area (Å²) in [4.78, 5) is 4.29. The molecular formula is C13H16N4. The Hall–Kier alpha value is -1.84. The summed E-state index contributed by atoms with van der Waals surface area (Å²) in [5, 5.41) is 4.33. The molecule has 4 heteroatoms. The summed E-state index contributed by atoms with van der Waals surface area (Å²) in [7, 11) is 0. The van der Waals surface area contributed by atoms with Gasteiger partial charge < -0.3 is 5.73 Å². The second kappa shape index (κ2) is 3.87. The van der Waals surface area contributed by atoms with E-state index in [1.807, 2.05) is 4.68 Å². The molecule has 3 rings (SSSR count). The first kappa shape index (κ1) is 10.3. The van der Waals surface area contributed by atoms with E-state index in [4.69, 9.17) is 5.73 Å². The predicted octanol–water partition coefficient (Wildman–Crippen LogP) is 2.09.